The van der Waals surface area contributed by atoms with Crippen LogP contribution in [0.15, 0.2) is 72.8 Å². The van der Waals surface area contributed by atoms with Gasteiger partial charge in [-0.25, -0.2) is 0 Å². The Bertz CT molecular complexity index is 2200. The fourth-order valence-electron chi connectivity index (χ4n) is 10.7. The van der Waals surface area contributed by atoms with Crippen LogP contribution in [-0.4, -0.2) is 18.0 Å². The summed E-state index contributed by atoms with van der Waals surface area (Å²) >= 11 is 0. The van der Waals surface area contributed by atoms with E-state index in [2.05, 4.69) is 239 Å². The summed E-state index contributed by atoms with van der Waals surface area (Å²) in [5.74, 6) is -0.937. The lowest BCUT2D eigenvalue weighted by atomic mass is 9.67. The Morgan fingerprint density at radius 2 is 0.521 bits per heavy atom. The zero-order valence-corrected chi connectivity index (χ0v) is 49.8. The lowest BCUT2D eigenvalue weighted by molar-refractivity contribution is -0.194. The standard InChI is InChI=1S/C65H94O5P/c1-55(2,3)41-29-42(56(4,5)6)34-49(33-41)64(50-35-43(57(7,8)9)30-44(36-50)58(10,11)12)53-54(68-63(67-53)27-25-26-28-63)65(70-71(66)69-64,51-37-45(59(13,14)15)31-46(38-51)60(16,17)18)52-39-47(61(19,20)21)32-48(40-52)62(22,23)24/h29-40,53-54H,25-28H2,1-24H3/q+1/t53-,54-/m0/s1. The molecule has 4 aromatic rings. The summed E-state index contributed by atoms with van der Waals surface area (Å²) < 4.78 is 47.9. The largest absolute Gasteiger partial charge is 0.700 e. The molecule has 1 spiro atoms. The molecule has 0 aromatic heterocycles. The van der Waals surface area contributed by atoms with Crippen molar-refractivity contribution in [2.24, 2.45) is 0 Å². The highest BCUT2D eigenvalue weighted by molar-refractivity contribution is 7.33. The molecule has 1 aliphatic carbocycles. The zero-order valence-electron chi connectivity index (χ0n) is 48.9. The van der Waals surface area contributed by atoms with Crippen LogP contribution in [0.25, 0.3) is 0 Å². The maximum absolute atomic E-state index is 16.4. The van der Waals surface area contributed by atoms with Gasteiger partial charge in [0, 0.05) is 17.4 Å². The Hall–Kier alpha value is -3.18. The zero-order chi connectivity index (χ0) is 53.3. The van der Waals surface area contributed by atoms with E-state index in [1.807, 2.05) is 0 Å². The quantitative estimate of drug-likeness (QED) is 0.191. The summed E-state index contributed by atoms with van der Waals surface area (Å²) in [4.78, 5) is 0. The predicted octanol–water partition coefficient (Wildman–Crippen LogP) is 18.0. The van der Waals surface area contributed by atoms with Crippen molar-refractivity contribution in [1.29, 1.82) is 0 Å². The molecule has 0 unspecified atom stereocenters. The van der Waals surface area contributed by atoms with Gasteiger partial charge in [0.1, 0.15) is 12.2 Å². The van der Waals surface area contributed by atoms with Crippen molar-refractivity contribution in [3.8, 4) is 0 Å². The molecule has 2 atom stereocenters. The van der Waals surface area contributed by atoms with E-state index >= 15 is 4.57 Å². The molecule has 2 saturated heterocycles. The molecule has 3 fully saturated rings. The first-order valence-electron chi connectivity index (χ1n) is 26.9. The van der Waals surface area contributed by atoms with Gasteiger partial charge in [0.15, 0.2) is 5.79 Å². The molecule has 6 heteroatoms. The SMILES string of the molecule is CC(C)(C)c1cc(C(C)(C)C)cc(C2(c3cc(C(C)(C)C)cc(C(C)(C)C)c3)O[P+](=O)OC(c3cc(C(C)(C)C)cc(C(C)(C)C)c3)(c3cc(C(C)(C)C)cc(C(C)(C)C)c3)[C@H]3OC4(CCCC4)O[C@@H]32)c1. The van der Waals surface area contributed by atoms with Gasteiger partial charge in [0.05, 0.1) is 0 Å². The first-order chi connectivity index (χ1) is 32.0. The molecule has 4 aromatic carbocycles. The number of benzene rings is 4. The highest BCUT2D eigenvalue weighted by Crippen LogP contribution is 2.64. The Balaban J connectivity index is 1.78. The smallest absolute Gasteiger partial charge is 0.340 e. The maximum Gasteiger partial charge on any atom is 0.700 e. The number of ether oxygens (including phenoxy) is 2. The van der Waals surface area contributed by atoms with E-state index in [1.54, 1.807) is 0 Å². The van der Waals surface area contributed by atoms with Crippen molar-refractivity contribution in [2.75, 3.05) is 0 Å². The Morgan fingerprint density at radius 1 is 0.338 bits per heavy atom. The second-order valence-electron chi connectivity index (χ2n) is 30.3. The van der Waals surface area contributed by atoms with Crippen molar-refractivity contribution >= 4 is 8.25 Å². The second kappa shape index (κ2) is 17.7. The molecular formula is C65H94O5P+. The summed E-state index contributed by atoms with van der Waals surface area (Å²) in [6, 6.07) is 28.0. The first-order valence-corrected chi connectivity index (χ1v) is 28.0. The minimum absolute atomic E-state index is 0.235. The van der Waals surface area contributed by atoms with Crippen LogP contribution < -0.4 is 0 Å². The highest BCUT2D eigenvalue weighted by Gasteiger charge is 2.73. The highest BCUT2D eigenvalue weighted by atomic mass is 31.1. The normalized spacial score (nSPS) is 21.2. The third kappa shape index (κ3) is 10.7. The van der Waals surface area contributed by atoms with Gasteiger partial charge >= 0.3 is 8.25 Å². The van der Waals surface area contributed by atoms with Gasteiger partial charge in [-0.2, -0.15) is 0 Å². The van der Waals surface area contributed by atoms with Gasteiger partial charge in [-0.15, -0.1) is 0 Å². The van der Waals surface area contributed by atoms with E-state index in [4.69, 9.17) is 18.5 Å². The molecule has 7 rings (SSSR count). The molecule has 0 amide bonds. The van der Waals surface area contributed by atoms with E-state index in [0.717, 1.165) is 47.9 Å². The lowest BCUT2D eigenvalue weighted by Gasteiger charge is -2.41. The lowest BCUT2D eigenvalue weighted by Crippen LogP contribution is -2.54. The summed E-state index contributed by atoms with van der Waals surface area (Å²) in [6.45, 7) is 54.7. The van der Waals surface area contributed by atoms with Crippen LogP contribution in [-0.2, 0) is 77.6 Å². The van der Waals surface area contributed by atoms with E-state index in [-0.39, 0.29) is 43.3 Å². The number of rotatable bonds is 4. The van der Waals surface area contributed by atoms with Gasteiger partial charge in [-0.1, -0.05) is 248 Å². The van der Waals surface area contributed by atoms with Gasteiger partial charge in [0.25, 0.3) is 0 Å². The average molecular weight is 986 g/mol. The minimum Gasteiger partial charge on any atom is -0.340 e. The summed E-state index contributed by atoms with van der Waals surface area (Å²) in [5, 5.41) is 0. The maximum atomic E-state index is 16.4. The van der Waals surface area contributed by atoms with Crippen LogP contribution in [0.2, 0.25) is 0 Å². The molecule has 0 N–H and O–H groups in total. The van der Waals surface area contributed by atoms with Crippen molar-refractivity contribution in [3.63, 3.8) is 0 Å². The van der Waals surface area contributed by atoms with Gasteiger partial charge < -0.3 is 9.47 Å². The van der Waals surface area contributed by atoms with Crippen molar-refractivity contribution in [1.82, 2.24) is 0 Å². The molecule has 5 nitrogen and oxygen atoms in total. The molecule has 2 heterocycles. The molecule has 388 valence electrons. The summed E-state index contributed by atoms with van der Waals surface area (Å²) in [6.07, 6.45) is 1.71. The molecule has 3 aliphatic rings. The van der Waals surface area contributed by atoms with E-state index < -0.39 is 37.5 Å². The molecule has 71 heavy (non-hydrogen) atoms. The van der Waals surface area contributed by atoms with Crippen LogP contribution in [0.4, 0.5) is 0 Å². The number of fused-ring (bicyclic) bond motifs is 1. The van der Waals surface area contributed by atoms with Crippen molar-refractivity contribution in [2.45, 2.75) is 264 Å². The molecule has 0 radical (unpaired) electrons. The van der Waals surface area contributed by atoms with Crippen molar-refractivity contribution < 1.29 is 23.1 Å². The Kier molecular flexibility index (Phi) is 13.9. The molecule has 0 bridgehead atoms. The second-order valence-corrected chi connectivity index (χ2v) is 31.1. The predicted molar refractivity (Wildman–Crippen MR) is 298 cm³/mol. The minimum atomic E-state index is -2.95. The topological polar surface area (TPSA) is 54.0 Å². The van der Waals surface area contributed by atoms with E-state index in [1.165, 1.54) is 44.5 Å². The summed E-state index contributed by atoms with van der Waals surface area (Å²) in [7, 11) is -2.95. The summed E-state index contributed by atoms with van der Waals surface area (Å²) in [5.41, 5.74) is 8.10. The van der Waals surface area contributed by atoms with Crippen molar-refractivity contribution in [3.05, 3.63) is 140 Å². The van der Waals surface area contributed by atoms with Crippen LogP contribution in [0.1, 0.15) is 259 Å². The molecule has 2 aliphatic heterocycles. The van der Waals surface area contributed by atoms with Crippen LogP contribution >= 0.6 is 8.25 Å². The molecular weight excluding hydrogens is 892 g/mol. The van der Waals surface area contributed by atoms with E-state index in [0.29, 0.717) is 0 Å². The molecule has 1 saturated carbocycles. The average Bonchev–Trinajstić information content (AvgIpc) is 3.82. The Morgan fingerprint density at radius 3 is 0.690 bits per heavy atom. The fourth-order valence-corrected chi connectivity index (χ4v) is 11.9. The van der Waals surface area contributed by atoms with Gasteiger partial charge in [-0.05, 0) is 123 Å². The first kappa shape index (κ1) is 55.6. The van der Waals surface area contributed by atoms with Crippen LogP contribution in [0.3, 0.4) is 0 Å². The third-order valence-electron chi connectivity index (χ3n) is 15.9. The van der Waals surface area contributed by atoms with E-state index in [9.17, 15) is 0 Å². The van der Waals surface area contributed by atoms with Crippen LogP contribution in [0.5, 0.6) is 0 Å². The third-order valence-corrected chi connectivity index (χ3v) is 16.8. The number of hydrogen-bond acceptors (Lipinski definition) is 5. The fraction of sp³-hybridized carbons (Fsp3) is 0.631. The van der Waals surface area contributed by atoms with Gasteiger partial charge in [-0.3, -0.25) is 0 Å². The monoisotopic (exact) mass is 986 g/mol. The Labute approximate surface area is 433 Å². The number of hydrogen-bond donors (Lipinski definition) is 0. The van der Waals surface area contributed by atoms with Gasteiger partial charge in [0.2, 0.25) is 11.2 Å². The van der Waals surface area contributed by atoms with Crippen LogP contribution in [0, 0.1) is 0 Å².